The average molecular weight is 194 g/mol. The highest BCUT2D eigenvalue weighted by Crippen LogP contribution is 2.12. The minimum atomic E-state index is 0.793. The highest BCUT2D eigenvalue weighted by molar-refractivity contribution is 6.30. The van der Waals surface area contributed by atoms with Crippen molar-refractivity contribution < 1.29 is 0 Å². The normalized spacial score (nSPS) is 10.9. The highest BCUT2D eigenvalue weighted by atomic mass is 35.5. The molecule has 69 valence electrons. The smallest absolute Gasteiger partial charge is 0.0406 e. The number of halogens is 1. The lowest BCUT2D eigenvalue weighted by Crippen LogP contribution is -1.78. The fraction of sp³-hybridized carbons (Fsp3) is 0.250. The summed E-state index contributed by atoms with van der Waals surface area (Å²) in [6.07, 6.45) is 8.63. The summed E-state index contributed by atoms with van der Waals surface area (Å²) in [5, 5.41) is 0.793. The van der Waals surface area contributed by atoms with Crippen molar-refractivity contribution in [2.75, 3.05) is 0 Å². The molecule has 1 aromatic rings. The molecule has 0 aliphatic carbocycles. The lowest BCUT2D eigenvalue weighted by molar-refractivity contribution is 1.17. The van der Waals surface area contributed by atoms with E-state index in [1.807, 2.05) is 24.3 Å². The van der Waals surface area contributed by atoms with Gasteiger partial charge >= 0.3 is 0 Å². The summed E-state index contributed by atoms with van der Waals surface area (Å²) in [6.45, 7) is 2.14. The molecule has 13 heavy (non-hydrogen) atoms. The van der Waals surface area contributed by atoms with Crippen molar-refractivity contribution in [2.45, 2.75) is 19.8 Å². The van der Waals surface area contributed by atoms with Crippen molar-refractivity contribution in [3.8, 4) is 0 Å². The molecule has 0 fully saturated rings. The Balaban J connectivity index is 2.37. The molecule has 0 nitrogen and oxygen atoms in total. The zero-order valence-corrected chi connectivity index (χ0v) is 8.59. The van der Waals surface area contributed by atoms with Crippen LogP contribution in [0.4, 0.5) is 0 Å². The molecule has 1 heteroatoms. The van der Waals surface area contributed by atoms with Gasteiger partial charge in [-0.15, -0.1) is 0 Å². The second kappa shape index (κ2) is 5.82. The molecule has 0 saturated heterocycles. The quantitative estimate of drug-likeness (QED) is 0.628. The summed E-state index contributed by atoms with van der Waals surface area (Å²) in [7, 11) is 0. The van der Waals surface area contributed by atoms with Gasteiger partial charge in [0.25, 0.3) is 0 Å². The summed E-state index contributed by atoms with van der Waals surface area (Å²) in [6, 6.07) is 7.89. The standard InChI is InChI=1S/C12H14Cl/c1-2-3-4-5-6-11-7-9-12(13)10-8-11/h3-4,6-10H,2,5H2,1H3/b4-3+. The summed E-state index contributed by atoms with van der Waals surface area (Å²) in [5.41, 5.74) is 1.23. The summed E-state index contributed by atoms with van der Waals surface area (Å²) in [5.74, 6) is 0. The van der Waals surface area contributed by atoms with Crippen LogP contribution in [0.1, 0.15) is 25.3 Å². The van der Waals surface area contributed by atoms with Gasteiger partial charge in [0, 0.05) is 5.02 Å². The number of allylic oxidation sites excluding steroid dienone is 2. The third kappa shape index (κ3) is 4.14. The van der Waals surface area contributed by atoms with Crippen LogP contribution in [0.5, 0.6) is 0 Å². The molecule has 0 N–H and O–H groups in total. The van der Waals surface area contributed by atoms with Crippen molar-refractivity contribution in [2.24, 2.45) is 0 Å². The van der Waals surface area contributed by atoms with Crippen molar-refractivity contribution in [3.05, 3.63) is 53.4 Å². The second-order valence-electron chi connectivity index (χ2n) is 2.87. The molecule has 1 rings (SSSR count). The molecule has 0 aliphatic rings. The molecular weight excluding hydrogens is 180 g/mol. The Bertz CT molecular complexity index is 259. The predicted molar refractivity (Wildman–Crippen MR) is 58.9 cm³/mol. The van der Waals surface area contributed by atoms with Gasteiger partial charge in [-0.3, -0.25) is 0 Å². The topological polar surface area (TPSA) is 0 Å². The number of hydrogen-bond donors (Lipinski definition) is 0. The van der Waals surface area contributed by atoms with Gasteiger partial charge in [-0.1, -0.05) is 42.8 Å². The van der Waals surface area contributed by atoms with Crippen LogP contribution in [0.3, 0.4) is 0 Å². The van der Waals surface area contributed by atoms with Crippen LogP contribution in [0.25, 0.3) is 0 Å². The first-order chi connectivity index (χ1) is 6.33. The second-order valence-corrected chi connectivity index (χ2v) is 3.31. The molecule has 0 atom stereocenters. The molecule has 1 radical (unpaired) electrons. The van der Waals surface area contributed by atoms with E-state index >= 15 is 0 Å². The van der Waals surface area contributed by atoms with E-state index in [1.165, 1.54) is 5.56 Å². The van der Waals surface area contributed by atoms with E-state index in [9.17, 15) is 0 Å². The fourth-order valence-corrected chi connectivity index (χ4v) is 1.19. The molecule has 0 amide bonds. The number of benzene rings is 1. The Labute approximate surface area is 85.2 Å². The van der Waals surface area contributed by atoms with Gasteiger partial charge < -0.3 is 0 Å². The molecule has 0 saturated carbocycles. The minimum absolute atomic E-state index is 0.793. The first kappa shape index (κ1) is 10.3. The molecule has 1 aromatic carbocycles. The maximum atomic E-state index is 5.77. The molecule has 0 heterocycles. The van der Waals surface area contributed by atoms with Crippen LogP contribution >= 0.6 is 11.6 Å². The van der Waals surface area contributed by atoms with E-state index in [4.69, 9.17) is 11.6 Å². The zero-order chi connectivity index (χ0) is 9.52. The van der Waals surface area contributed by atoms with Crippen molar-refractivity contribution in [3.63, 3.8) is 0 Å². The average Bonchev–Trinajstić information content (AvgIpc) is 2.15. The van der Waals surface area contributed by atoms with Crippen molar-refractivity contribution in [1.29, 1.82) is 0 Å². The van der Waals surface area contributed by atoms with Gasteiger partial charge in [-0.2, -0.15) is 0 Å². The van der Waals surface area contributed by atoms with E-state index < -0.39 is 0 Å². The summed E-state index contributed by atoms with van der Waals surface area (Å²) >= 11 is 5.77. The Hall–Kier alpha value is -0.750. The van der Waals surface area contributed by atoms with Crippen LogP contribution in [0, 0.1) is 6.42 Å². The van der Waals surface area contributed by atoms with E-state index in [1.54, 1.807) is 0 Å². The van der Waals surface area contributed by atoms with Crippen LogP contribution in [0.15, 0.2) is 36.4 Å². The lowest BCUT2D eigenvalue weighted by Gasteiger charge is -1.97. The SMILES string of the molecule is CC/C=C/C[CH]c1ccc(Cl)cc1. The van der Waals surface area contributed by atoms with E-state index in [2.05, 4.69) is 25.5 Å². The Morgan fingerprint density at radius 3 is 2.46 bits per heavy atom. The van der Waals surface area contributed by atoms with E-state index in [0.717, 1.165) is 17.9 Å². The lowest BCUT2D eigenvalue weighted by atomic mass is 10.1. The maximum Gasteiger partial charge on any atom is 0.0406 e. The highest BCUT2D eigenvalue weighted by Gasteiger charge is 1.91. The summed E-state index contributed by atoms with van der Waals surface area (Å²) in [4.78, 5) is 0. The fourth-order valence-electron chi connectivity index (χ4n) is 1.07. The van der Waals surface area contributed by atoms with E-state index in [0.29, 0.717) is 0 Å². The number of hydrogen-bond acceptors (Lipinski definition) is 0. The van der Waals surface area contributed by atoms with Gasteiger partial charge in [0.2, 0.25) is 0 Å². The third-order valence-corrected chi connectivity index (χ3v) is 2.01. The Morgan fingerprint density at radius 2 is 1.85 bits per heavy atom. The molecule has 0 unspecified atom stereocenters. The van der Waals surface area contributed by atoms with Gasteiger partial charge in [-0.05, 0) is 37.0 Å². The van der Waals surface area contributed by atoms with Gasteiger partial charge in [0.1, 0.15) is 0 Å². The first-order valence-corrected chi connectivity index (χ1v) is 4.94. The third-order valence-electron chi connectivity index (χ3n) is 1.76. The monoisotopic (exact) mass is 193 g/mol. The van der Waals surface area contributed by atoms with Crippen molar-refractivity contribution >= 4 is 11.6 Å². The maximum absolute atomic E-state index is 5.77. The largest absolute Gasteiger partial charge is 0.0888 e. The van der Waals surface area contributed by atoms with Gasteiger partial charge in [0.15, 0.2) is 0 Å². The molecule has 0 aliphatic heterocycles. The predicted octanol–water partition coefficient (Wildman–Crippen LogP) is 4.25. The molecular formula is C12H14Cl. The van der Waals surface area contributed by atoms with Gasteiger partial charge in [0.05, 0.1) is 0 Å². The molecule has 0 bridgehead atoms. The van der Waals surface area contributed by atoms with Gasteiger partial charge in [-0.25, -0.2) is 0 Å². The minimum Gasteiger partial charge on any atom is -0.0888 e. The van der Waals surface area contributed by atoms with Crippen molar-refractivity contribution in [1.82, 2.24) is 0 Å². The Morgan fingerprint density at radius 1 is 1.15 bits per heavy atom. The Kier molecular flexibility index (Phi) is 4.63. The first-order valence-electron chi connectivity index (χ1n) is 4.56. The number of rotatable bonds is 4. The molecule has 0 aromatic heterocycles. The van der Waals surface area contributed by atoms with Crippen LogP contribution in [0.2, 0.25) is 5.02 Å². The summed E-state index contributed by atoms with van der Waals surface area (Å²) < 4.78 is 0. The zero-order valence-electron chi connectivity index (χ0n) is 7.83. The molecule has 0 spiro atoms. The van der Waals surface area contributed by atoms with E-state index in [-0.39, 0.29) is 0 Å². The van der Waals surface area contributed by atoms with Crippen LogP contribution in [-0.2, 0) is 0 Å². The van der Waals surface area contributed by atoms with Crippen LogP contribution in [-0.4, -0.2) is 0 Å². The van der Waals surface area contributed by atoms with Crippen LogP contribution < -0.4 is 0 Å².